The number of nitrogens with zero attached hydrogens (tertiary/aromatic N) is 3. The summed E-state index contributed by atoms with van der Waals surface area (Å²) in [6.45, 7) is 1.07. The smallest absolute Gasteiger partial charge is 0.242 e. The van der Waals surface area contributed by atoms with Gasteiger partial charge in [0, 0.05) is 6.54 Å². The second kappa shape index (κ2) is 5.17. The van der Waals surface area contributed by atoms with Crippen molar-refractivity contribution in [1.29, 1.82) is 0 Å². The highest BCUT2D eigenvalue weighted by Gasteiger charge is 2.64. The van der Waals surface area contributed by atoms with Crippen LogP contribution in [0.2, 0.25) is 0 Å². The predicted molar refractivity (Wildman–Crippen MR) is 49.9 cm³/mol. The van der Waals surface area contributed by atoms with Crippen LogP contribution in [0.5, 0.6) is 0 Å². The standard InChI is InChI=1S/C9H9F8N3/c1-2-3-4-20-6(7(10,11)9(15,16)17)5(18-19-20)8(12,13)14/h2-4H2,1H3. The fourth-order valence-electron chi connectivity index (χ4n) is 1.41. The van der Waals surface area contributed by atoms with E-state index in [1.807, 2.05) is 0 Å². The van der Waals surface area contributed by atoms with Gasteiger partial charge < -0.3 is 0 Å². The molecule has 1 rings (SSSR count). The van der Waals surface area contributed by atoms with Crippen LogP contribution in [-0.4, -0.2) is 21.2 Å². The van der Waals surface area contributed by atoms with Crippen molar-refractivity contribution in [3.63, 3.8) is 0 Å². The van der Waals surface area contributed by atoms with E-state index in [1.165, 1.54) is 0 Å². The molecule has 3 nitrogen and oxygen atoms in total. The average molecular weight is 311 g/mol. The summed E-state index contributed by atoms with van der Waals surface area (Å²) < 4.78 is 101. The van der Waals surface area contributed by atoms with Crippen LogP contribution in [0.4, 0.5) is 35.1 Å². The normalized spacial score (nSPS) is 13.8. The molecular weight excluding hydrogens is 302 g/mol. The van der Waals surface area contributed by atoms with Crippen LogP contribution in [0.1, 0.15) is 31.2 Å². The van der Waals surface area contributed by atoms with E-state index in [4.69, 9.17) is 0 Å². The van der Waals surface area contributed by atoms with Crippen LogP contribution < -0.4 is 0 Å². The van der Waals surface area contributed by atoms with Gasteiger partial charge in [-0.25, -0.2) is 4.68 Å². The molecule has 0 aliphatic rings. The Bertz CT molecular complexity index is 459. The second-order valence-corrected chi connectivity index (χ2v) is 3.93. The van der Waals surface area contributed by atoms with Gasteiger partial charge in [-0.2, -0.15) is 35.1 Å². The highest BCUT2D eigenvalue weighted by Crippen LogP contribution is 2.47. The van der Waals surface area contributed by atoms with E-state index in [0.29, 0.717) is 6.42 Å². The Hall–Kier alpha value is -1.42. The molecule has 0 aliphatic carbocycles. The summed E-state index contributed by atoms with van der Waals surface area (Å²) in [6, 6.07) is 0. The van der Waals surface area contributed by atoms with Crippen molar-refractivity contribution in [2.75, 3.05) is 0 Å². The first-order chi connectivity index (χ1) is 8.93. The number of alkyl halides is 8. The molecule has 0 atom stereocenters. The fourth-order valence-corrected chi connectivity index (χ4v) is 1.41. The molecule has 116 valence electrons. The molecule has 0 amide bonds. The summed E-state index contributed by atoms with van der Waals surface area (Å²) >= 11 is 0. The van der Waals surface area contributed by atoms with Gasteiger partial charge in [0.15, 0.2) is 5.69 Å². The van der Waals surface area contributed by atoms with Gasteiger partial charge >= 0.3 is 18.3 Å². The lowest BCUT2D eigenvalue weighted by Crippen LogP contribution is -2.37. The molecule has 1 aromatic rings. The Morgan fingerprint density at radius 2 is 1.55 bits per heavy atom. The minimum absolute atomic E-state index is 0.0419. The van der Waals surface area contributed by atoms with Crippen molar-refractivity contribution in [3.05, 3.63) is 11.4 Å². The summed E-state index contributed by atoms with van der Waals surface area (Å²) in [7, 11) is 0. The van der Waals surface area contributed by atoms with Crippen LogP contribution in [0.15, 0.2) is 0 Å². The van der Waals surface area contributed by atoms with Crippen LogP contribution in [0.3, 0.4) is 0 Å². The van der Waals surface area contributed by atoms with Gasteiger partial charge in [-0.1, -0.05) is 18.6 Å². The zero-order valence-electron chi connectivity index (χ0n) is 9.99. The Morgan fingerprint density at radius 1 is 1.00 bits per heavy atom. The van der Waals surface area contributed by atoms with Gasteiger partial charge in [-0.3, -0.25) is 0 Å². The lowest BCUT2D eigenvalue weighted by atomic mass is 10.1. The molecule has 0 N–H and O–H groups in total. The maximum atomic E-state index is 13.2. The van der Waals surface area contributed by atoms with E-state index in [0.717, 1.165) is 0 Å². The predicted octanol–water partition coefficient (Wildman–Crippen LogP) is 3.75. The highest BCUT2D eigenvalue weighted by molar-refractivity contribution is 5.21. The number of aromatic nitrogens is 3. The van der Waals surface area contributed by atoms with E-state index in [9.17, 15) is 35.1 Å². The molecule has 0 unspecified atom stereocenters. The van der Waals surface area contributed by atoms with E-state index >= 15 is 0 Å². The molecule has 1 heterocycles. The van der Waals surface area contributed by atoms with Gasteiger partial charge in [0.2, 0.25) is 0 Å². The van der Waals surface area contributed by atoms with Crippen LogP contribution in [0.25, 0.3) is 0 Å². The number of hydrogen-bond acceptors (Lipinski definition) is 2. The van der Waals surface area contributed by atoms with Crippen molar-refractivity contribution in [2.24, 2.45) is 0 Å². The van der Waals surface area contributed by atoms with E-state index in [2.05, 4.69) is 10.3 Å². The summed E-state index contributed by atoms with van der Waals surface area (Å²) in [4.78, 5) is 0. The summed E-state index contributed by atoms with van der Waals surface area (Å²) in [5.74, 6) is -5.69. The minimum Gasteiger partial charge on any atom is -0.242 e. The molecule has 0 aliphatic heterocycles. The zero-order valence-corrected chi connectivity index (χ0v) is 9.99. The number of aryl methyl sites for hydroxylation is 1. The third-order valence-corrected chi connectivity index (χ3v) is 2.38. The number of halogens is 8. The van der Waals surface area contributed by atoms with Gasteiger partial charge in [0.25, 0.3) is 0 Å². The minimum atomic E-state index is -6.17. The fraction of sp³-hybridized carbons (Fsp3) is 0.778. The maximum Gasteiger partial charge on any atom is 0.459 e. The zero-order chi connectivity index (χ0) is 15.8. The van der Waals surface area contributed by atoms with Crippen molar-refractivity contribution in [2.45, 2.75) is 44.6 Å². The Labute approximate surface area is 107 Å². The maximum absolute atomic E-state index is 13.2. The molecular formula is C9H9F8N3. The van der Waals surface area contributed by atoms with Crippen LogP contribution in [0, 0.1) is 0 Å². The van der Waals surface area contributed by atoms with Gasteiger partial charge in [-0.15, -0.1) is 5.10 Å². The SMILES string of the molecule is CCCCn1nnc(C(F)(F)F)c1C(F)(F)C(F)(F)F. The summed E-state index contributed by atoms with van der Waals surface area (Å²) in [6.07, 6.45) is -11.2. The third kappa shape index (κ3) is 3.01. The number of rotatable bonds is 4. The van der Waals surface area contributed by atoms with Gasteiger partial charge in [0.1, 0.15) is 5.69 Å². The lowest BCUT2D eigenvalue weighted by Gasteiger charge is -2.21. The van der Waals surface area contributed by atoms with Crippen LogP contribution >= 0.6 is 0 Å². The first kappa shape index (κ1) is 16.6. The molecule has 1 aromatic heterocycles. The molecule has 0 saturated carbocycles. The van der Waals surface area contributed by atoms with Crippen molar-refractivity contribution < 1.29 is 35.1 Å². The van der Waals surface area contributed by atoms with Gasteiger partial charge in [0.05, 0.1) is 0 Å². The van der Waals surface area contributed by atoms with Crippen molar-refractivity contribution in [3.8, 4) is 0 Å². The molecule has 0 spiro atoms. The molecule has 0 radical (unpaired) electrons. The highest BCUT2D eigenvalue weighted by atomic mass is 19.4. The molecule has 0 fully saturated rings. The van der Waals surface area contributed by atoms with Gasteiger partial charge in [-0.05, 0) is 6.42 Å². The number of hydrogen-bond donors (Lipinski definition) is 0. The summed E-state index contributed by atoms with van der Waals surface area (Å²) in [5.41, 5.74) is -4.60. The molecule has 0 saturated heterocycles. The molecule has 0 bridgehead atoms. The van der Waals surface area contributed by atoms with E-state index in [1.54, 1.807) is 6.92 Å². The van der Waals surface area contributed by atoms with Crippen LogP contribution in [-0.2, 0) is 18.6 Å². The molecule has 0 aromatic carbocycles. The van der Waals surface area contributed by atoms with Crippen molar-refractivity contribution >= 4 is 0 Å². The first-order valence-corrected chi connectivity index (χ1v) is 5.38. The topological polar surface area (TPSA) is 30.7 Å². The Morgan fingerprint density at radius 3 is 1.95 bits per heavy atom. The number of unbranched alkanes of at least 4 members (excludes halogenated alkanes) is 1. The average Bonchev–Trinajstić information content (AvgIpc) is 2.68. The third-order valence-electron chi connectivity index (χ3n) is 2.38. The quantitative estimate of drug-likeness (QED) is 0.793. The Kier molecular flexibility index (Phi) is 4.30. The Balaban J connectivity index is 3.43. The molecule has 11 heteroatoms. The largest absolute Gasteiger partial charge is 0.459 e. The van der Waals surface area contributed by atoms with E-state index < -0.39 is 36.2 Å². The second-order valence-electron chi connectivity index (χ2n) is 3.93. The monoisotopic (exact) mass is 311 g/mol. The van der Waals surface area contributed by atoms with Crippen molar-refractivity contribution in [1.82, 2.24) is 15.0 Å². The first-order valence-electron chi connectivity index (χ1n) is 5.38. The van der Waals surface area contributed by atoms with E-state index in [-0.39, 0.29) is 11.1 Å². The lowest BCUT2D eigenvalue weighted by molar-refractivity contribution is -0.293. The summed E-state index contributed by atoms with van der Waals surface area (Å²) in [5, 5.41) is 5.19. The molecule has 20 heavy (non-hydrogen) atoms.